The Hall–Kier alpha value is -0.960. The highest BCUT2D eigenvalue weighted by Crippen LogP contribution is 2.30. The molecule has 1 aliphatic rings. The zero-order valence-electron chi connectivity index (χ0n) is 13.9. The van der Waals surface area contributed by atoms with E-state index in [0.717, 1.165) is 23.9 Å². The summed E-state index contributed by atoms with van der Waals surface area (Å²) in [6, 6.07) is 8.63. The molecule has 2 aromatic rings. The highest BCUT2D eigenvalue weighted by molar-refractivity contribution is 7.99. The summed E-state index contributed by atoms with van der Waals surface area (Å²) in [5.41, 5.74) is 2.48. The zero-order valence-corrected chi connectivity index (χ0v) is 14.7. The van der Waals surface area contributed by atoms with Gasteiger partial charge in [0, 0.05) is 12.3 Å². The van der Waals surface area contributed by atoms with Crippen LogP contribution in [-0.2, 0) is 6.54 Å². The zero-order chi connectivity index (χ0) is 15.4. The Morgan fingerprint density at radius 1 is 1.18 bits per heavy atom. The largest absolute Gasteiger partial charge is 0.319 e. The molecule has 120 valence electrons. The van der Waals surface area contributed by atoms with Crippen LogP contribution in [0, 0.1) is 11.8 Å². The first kappa shape index (κ1) is 15.9. The van der Waals surface area contributed by atoms with Crippen molar-refractivity contribution in [2.75, 3.05) is 5.75 Å². The third-order valence-electron chi connectivity index (χ3n) is 4.71. The number of nitrogens with zero attached hydrogens (tertiary/aromatic N) is 2. The molecule has 22 heavy (non-hydrogen) atoms. The fraction of sp³-hybridized carbons (Fsp3) is 0.632. The maximum Gasteiger partial charge on any atom is 0.169 e. The van der Waals surface area contributed by atoms with Crippen molar-refractivity contribution < 1.29 is 0 Å². The minimum atomic E-state index is 0.767. The normalized spacial score (nSPS) is 16.7. The van der Waals surface area contributed by atoms with Gasteiger partial charge < -0.3 is 4.57 Å². The predicted molar refractivity (Wildman–Crippen MR) is 96.5 cm³/mol. The van der Waals surface area contributed by atoms with Gasteiger partial charge in [0.25, 0.3) is 0 Å². The van der Waals surface area contributed by atoms with Gasteiger partial charge in [0.15, 0.2) is 5.16 Å². The van der Waals surface area contributed by atoms with Crippen LogP contribution in [0.25, 0.3) is 11.0 Å². The Labute approximate surface area is 138 Å². The molecular weight excluding hydrogens is 288 g/mol. The molecule has 0 saturated heterocycles. The van der Waals surface area contributed by atoms with Crippen LogP contribution in [0.3, 0.4) is 0 Å². The first-order chi connectivity index (χ1) is 10.7. The molecular formula is C19H28N2S. The van der Waals surface area contributed by atoms with Gasteiger partial charge in [0.1, 0.15) is 0 Å². The van der Waals surface area contributed by atoms with Crippen LogP contribution < -0.4 is 0 Å². The van der Waals surface area contributed by atoms with Crippen molar-refractivity contribution in [3.8, 4) is 0 Å². The lowest BCUT2D eigenvalue weighted by Gasteiger charge is -2.23. The molecule has 0 aliphatic heterocycles. The summed E-state index contributed by atoms with van der Waals surface area (Å²) in [5.74, 6) is 2.78. The van der Waals surface area contributed by atoms with Gasteiger partial charge in [-0.15, -0.1) is 0 Å². The monoisotopic (exact) mass is 316 g/mol. The highest BCUT2D eigenvalue weighted by atomic mass is 32.2. The van der Waals surface area contributed by atoms with E-state index in [1.165, 1.54) is 55.0 Å². The van der Waals surface area contributed by atoms with Gasteiger partial charge in [-0.1, -0.05) is 57.0 Å². The molecule has 0 unspecified atom stereocenters. The summed E-state index contributed by atoms with van der Waals surface area (Å²) >= 11 is 1.94. The van der Waals surface area contributed by atoms with E-state index in [9.17, 15) is 0 Å². The van der Waals surface area contributed by atoms with Crippen LogP contribution in [-0.4, -0.2) is 15.3 Å². The van der Waals surface area contributed by atoms with E-state index < -0.39 is 0 Å². The molecule has 3 heteroatoms. The molecule has 3 rings (SSSR count). The molecule has 1 fully saturated rings. The Morgan fingerprint density at radius 3 is 2.73 bits per heavy atom. The van der Waals surface area contributed by atoms with Crippen LogP contribution >= 0.6 is 11.8 Å². The number of fused-ring (bicyclic) bond motifs is 1. The van der Waals surface area contributed by atoms with Crippen LogP contribution in [0.15, 0.2) is 29.4 Å². The van der Waals surface area contributed by atoms with E-state index >= 15 is 0 Å². The maximum absolute atomic E-state index is 4.90. The number of hydrogen-bond acceptors (Lipinski definition) is 2. The molecule has 0 amide bonds. The molecule has 1 saturated carbocycles. The number of para-hydroxylation sites is 2. The first-order valence-corrected chi connectivity index (χ1v) is 9.80. The lowest BCUT2D eigenvalue weighted by Crippen LogP contribution is -2.14. The Morgan fingerprint density at radius 2 is 1.95 bits per heavy atom. The molecule has 0 N–H and O–H groups in total. The third kappa shape index (κ3) is 3.87. The SMILES string of the molecule is CC(C)CCSc1nc2ccccc2n1CC1CCCCC1. The van der Waals surface area contributed by atoms with E-state index in [4.69, 9.17) is 4.98 Å². The average Bonchev–Trinajstić information content (AvgIpc) is 2.86. The van der Waals surface area contributed by atoms with E-state index in [-0.39, 0.29) is 0 Å². The Bertz CT molecular complexity index is 597. The summed E-state index contributed by atoms with van der Waals surface area (Å²) in [6.07, 6.45) is 8.29. The van der Waals surface area contributed by atoms with Gasteiger partial charge in [0.05, 0.1) is 11.0 Å². The third-order valence-corrected chi connectivity index (χ3v) is 5.72. The van der Waals surface area contributed by atoms with E-state index in [0.29, 0.717) is 0 Å². The number of benzene rings is 1. The highest BCUT2D eigenvalue weighted by Gasteiger charge is 2.18. The lowest BCUT2D eigenvalue weighted by molar-refractivity contribution is 0.315. The molecule has 0 bridgehead atoms. The van der Waals surface area contributed by atoms with Crippen molar-refractivity contribution in [1.29, 1.82) is 0 Å². The topological polar surface area (TPSA) is 17.8 Å². The second-order valence-corrected chi connectivity index (χ2v) is 8.09. The average molecular weight is 317 g/mol. The van der Waals surface area contributed by atoms with Gasteiger partial charge in [-0.2, -0.15) is 0 Å². The molecule has 1 aromatic carbocycles. The quantitative estimate of drug-likeness (QED) is 0.631. The minimum absolute atomic E-state index is 0.767. The van der Waals surface area contributed by atoms with Crippen molar-refractivity contribution in [3.05, 3.63) is 24.3 Å². The van der Waals surface area contributed by atoms with Gasteiger partial charge >= 0.3 is 0 Å². The van der Waals surface area contributed by atoms with Crippen molar-refractivity contribution in [2.45, 2.75) is 64.1 Å². The van der Waals surface area contributed by atoms with E-state index in [2.05, 4.69) is 42.7 Å². The first-order valence-electron chi connectivity index (χ1n) is 8.82. The summed E-state index contributed by atoms with van der Waals surface area (Å²) < 4.78 is 2.50. The van der Waals surface area contributed by atoms with Gasteiger partial charge in [-0.3, -0.25) is 0 Å². The smallest absolute Gasteiger partial charge is 0.169 e. The second kappa shape index (κ2) is 7.54. The fourth-order valence-corrected chi connectivity index (χ4v) is 4.62. The summed E-state index contributed by atoms with van der Waals surface area (Å²) in [5, 5.41) is 1.23. The molecule has 1 aliphatic carbocycles. The van der Waals surface area contributed by atoms with Crippen LogP contribution in [0.4, 0.5) is 0 Å². The summed E-state index contributed by atoms with van der Waals surface area (Å²) in [6.45, 7) is 5.75. The van der Waals surface area contributed by atoms with Gasteiger partial charge in [0.2, 0.25) is 0 Å². The van der Waals surface area contributed by atoms with Gasteiger partial charge in [-0.25, -0.2) is 4.98 Å². The number of rotatable bonds is 6. The van der Waals surface area contributed by atoms with E-state index in [1.54, 1.807) is 0 Å². The minimum Gasteiger partial charge on any atom is -0.319 e. The van der Waals surface area contributed by atoms with Crippen LogP contribution in [0.1, 0.15) is 52.4 Å². The number of thioether (sulfide) groups is 1. The Kier molecular flexibility index (Phi) is 5.46. The van der Waals surface area contributed by atoms with Gasteiger partial charge in [-0.05, 0) is 43.2 Å². The molecule has 0 atom stereocenters. The second-order valence-electron chi connectivity index (χ2n) is 7.03. The number of imidazole rings is 1. The molecule has 1 aromatic heterocycles. The lowest BCUT2D eigenvalue weighted by atomic mass is 9.89. The van der Waals surface area contributed by atoms with Crippen molar-refractivity contribution in [1.82, 2.24) is 9.55 Å². The molecule has 1 heterocycles. The predicted octanol–water partition coefficient (Wildman–Crippen LogP) is 5.75. The number of hydrogen-bond donors (Lipinski definition) is 0. The van der Waals surface area contributed by atoms with Crippen LogP contribution in [0.5, 0.6) is 0 Å². The van der Waals surface area contributed by atoms with Crippen molar-refractivity contribution in [3.63, 3.8) is 0 Å². The molecule has 2 nitrogen and oxygen atoms in total. The molecule has 0 radical (unpaired) electrons. The fourth-order valence-electron chi connectivity index (χ4n) is 3.35. The summed E-state index contributed by atoms with van der Waals surface area (Å²) in [7, 11) is 0. The van der Waals surface area contributed by atoms with Crippen LogP contribution in [0.2, 0.25) is 0 Å². The number of aromatic nitrogens is 2. The van der Waals surface area contributed by atoms with E-state index in [1.807, 2.05) is 11.8 Å². The standard InChI is InChI=1S/C19H28N2S/c1-15(2)12-13-22-19-20-17-10-6-7-11-18(17)21(19)14-16-8-4-3-5-9-16/h6-7,10-11,15-16H,3-5,8-9,12-14H2,1-2H3. The maximum atomic E-state index is 4.90. The Balaban J connectivity index is 1.80. The summed E-state index contributed by atoms with van der Waals surface area (Å²) in [4.78, 5) is 4.90. The molecule has 0 spiro atoms. The van der Waals surface area contributed by atoms with Crippen molar-refractivity contribution >= 4 is 22.8 Å². The van der Waals surface area contributed by atoms with Crippen molar-refractivity contribution in [2.24, 2.45) is 11.8 Å².